The number of methoxy groups -OCH3 is 1. The van der Waals surface area contributed by atoms with E-state index in [2.05, 4.69) is 10.9 Å². The number of thiophene rings is 1. The van der Waals surface area contributed by atoms with E-state index in [0.29, 0.717) is 4.88 Å². The van der Waals surface area contributed by atoms with Gasteiger partial charge < -0.3 is 4.74 Å². The van der Waals surface area contributed by atoms with Gasteiger partial charge in [-0.3, -0.25) is 20.4 Å². The van der Waals surface area contributed by atoms with Crippen LogP contribution >= 0.6 is 11.3 Å². The first-order valence-electron chi connectivity index (χ1n) is 7.49. The molecule has 3 rings (SSSR count). The van der Waals surface area contributed by atoms with Gasteiger partial charge >= 0.3 is 0 Å². The minimum absolute atomic E-state index is 0.200. The number of benzene rings is 1. The van der Waals surface area contributed by atoms with Gasteiger partial charge in [0.1, 0.15) is 5.75 Å². The highest BCUT2D eigenvalue weighted by Gasteiger charge is 2.18. The Labute approximate surface area is 138 Å². The van der Waals surface area contributed by atoms with Crippen molar-refractivity contribution >= 4 is 23.2 Å². The Balaban J connectivity index is 1.50. The van der Waals surface area contributed by atoms with Gasteiger partial charge in [-0.2, -0.15) is 0 Å². The molecule has 0 aliphatic heterocycles. The standard InChI is InChI=1S/C17H18N2O3S/c1-22-13-7-5-11(6-8-13)9-16(20)18-19-17(21)15-10-12-3-2-4-14(12)23-15/h5-8,10H,2-4,9H2,1H3,(H,18,20)(H,19,21). The molecule has 5 nitrogen and oxygen atoms in total. The number of carbonyl (C=O) groups excluding carboxylic acids is 2. The van der Waals surface area contributed by atoms with Gasteiger partial charge in [0, 0.05) is 4.88 Å². The predicted octanol–water partition coefficient (Wildman–Crippen LogP) is 2.25. The maximum Gasteiger partial charge on any atom is 0.279 e. The van der Waals surface area contributed by atoms with Crippen LogP contribution in [0.15, 0.2) is 30.3 Å². The molecule has 23 heavy (non-hydrogen) atoms. The summed E-state index contributed by atoms with van der Waals surface area (Å²) in [7, 11) is 1.59. The molecule has 1 aromatic heterocycles. The first-order chi connectivity index (χ1) is 11.2. The van der Waals surface area contributed by atoms with Crippen molar-refractivity contribution in [1.82, 2.24) is 10.9 Å². The van der Waals surface area contributed by atoms with Crippen molar-refractivity contribution in [1.29, 1.82) is 0 Å². The van der Waals surface area contributed by atoms with E-state index in [1.165, 1.54) is 28.2 Å². The number of fused-ring (bicyclic) bond motifs is 1. The number of amides is 2. The molecule has 0 saturated carbocycles. The number of aryl methyl sites for hydroxylation is 2. The quantitative estimate of drug-likeness (QED) is 0.845. The molecule has 120 valence electrons. The van der Waals surface area contributed by atoms with E-state index in [4.69, 9.17) is 4.74 Å². The van der Waals surface area contributed by atoms with Crippen LogP contribution < -0.4 is 15.6 Å². The zero-order chi connectivity index (χ0) is 16.2. The van der Waals surface area contributed by atoms with E-state index < -0.39 is 0 Å². The largest absolute Gasteiger partial charge is 0.497 e. The normalized spacial score (nSPS) is 12.6. The van der Waals surface area contributed by atoms with Crippen LogP contribution in [0.4, 0.5) is 0 Å². The van der Waals surface area contributed by atoms with Crippen LogP contribution in [0.2, 0.25) is 0 Å². The fourth-order valence-corrected chi connectivity index (χ4v) is 3.75. The Bertz CT molecular complexity index is 700. The SMILES string of the molecule is COc1ccc(CC(=O)NNC(=O)c2cc3c(s2)CCC3)cc1. The third-order valence-electron chi connectivity index (χ3n) is 3.81. The molecule has 0 fully saturated rings. The highest BCUT2D eigenvalue weighted by molar-refractivity contribution is 7.14. The summed E-state index contributed by atoms with van der Waals surface area (Å²) in [6.45, 7) is 0. The van der Waals surface area contributed by atoms with Gasteiger partial charge in [0.2, 0.25) is 5.91 Å². The minimum atomic E-state index is -0.257. The number of hydrogen-bond acceptors (Lipinski definition) is 4. The minimum Gasteiger partial charge on any atom is -0.497 e. The Hall–Kier alpha value is -2.34. The average molecular weight is 330 g/mol. The van der Waals surface area contributed by atoms with Gasteiger partial charge in [0.05, 0.1) is 18.4 Å². The zero-order valence-electron chi connectivity index (χ0n) is 12.8. The van der Waals surface area contributed by atoms with E-state index in [1.807, 2.05) is 18.2 Å². The molecule has 1 heterocycles. The number of rotatable bonds is 4. The highest BCUT2D eigenvalue weighted by atomic mass is 32.1. The predicted molar refractivity (Wildman–Crippen MR) is 88.7 cm³/mol. The van der Waals surface area contributed by atoms with E-state index in [-0.39, 0.29) is 18.2 Å². The molecule has 1 aliphatic rings. The number of nitrogens with one attached hydrogen (secondary N) is 2. The third-order valence-corrected chi connectivity index (χ3v) is 5.05. The summed E-state index contributed by atoms with van der Waals surface area (Å²) in [6.07, 6.45) is 3.47. The van der Waals surface area contributed by atoms with Crippen LogP contribution in [0.1, 0.15) is 32.1 Å². The monoisotopic (exact) mass is 330 g/mol. The van der Waals surface area contributed by atoms with E-state index >= 15 is 0 Å². The van der Waals surface area contributed by atoms with Gasteiger partial charge in [-0.05, 0) is 48.6 Å². The van der Waals surface area contributed by atoms with Crippen molar-refractivity contribution < 1.29 is 14.3 Å². The molecule has 1 aliphatic carbocycles. The molecule has 0 bridgehead atoms. The first kappa shape index (κ1) is 15.6. The van der Waals surface area contributed by atoms with Crippen LogP contribution in [-0.4, -0.2) is 18.9 Å². The highest BCUT2D eigenvalue weighted by Crippen LogP contribution is 2.30. The smallest absolute Gasteiger partial charge is 0.279 e. The van der Waals surface area contributed by atoms with Crippen molar-refractivity contribution in [3.8, 4) is 5.75 Å². The van der Waals surface area contributed by atoms with Crippen molar-refractivity contribution in [2.45, 2.75) is 25.7 Å². The number of hydrogen-bond donors (Lipinski definition) is 2. The first-order valence-corrected chi connectivity index (χ1v) is 8.31. The lowest BCUT2D eigenvalue weighted by molar-refractivity contribution is -0.121. The van der Waals surface area contributed by atoms with Gasteiger partial charge in [0.15, 0.2) is 0 Å². The summed E-state index contributed by atoms with van der Waals surface area (Å²) in [6, 6.07) is 9.18. The molecule has 1 aromatic carbocycles. The maximum absolute atomic E-state index is 12.1. The second-order valence-electron chi connectivity index (χ2n) is 5.44. The fourth-order valence-electron chi connectivity index (χ4n) is 2.60. The van der Waals surface area contributed by atoms with Crippen LogP contribution in [0.3, 0.4) is 0 Å². The summed E-state index contributed by atoms with van der Waals surface area (Å²) in [4.78, 5) is 25.9. The lowest BCUT2D eigenvalue weighted by Gasteiger charge is -2.07. The Morgan fingerprint density at radius 2 is 1.96 bits per heavy atom. The van der Waals surface area contributed by atoms with Gasteiger partial charge in [-0.15, -0.1) is 11.3 Å². The Morgan fingerprint density at radius 3 is 2.65 bits per heavy atom. The summed E-state index contributed by atoms with van der Waals surface area (Å²) in [5.74, 6) is 0.230. The summed E-state index contributed by atoms with van der Waals surface area (Å²) < 4.78 is 5.07. The molecule has 2 N–H and O–H groups in total. The van der Waals surface area contributed by atoms with Crippen LogP contribution in [0.5, 0.6) is 5.75 Å². The van der Waals surface area contributed by atoms with Crippen molar-refractivity contribution in [3.05, 3.63) is 51.2 Å². The number of ether oxygens (including phenoxy) is 1. The lowest BCUT2D eigenvalue weighted by atomic mass is 10.1. The van der Waals surface area contributed by atoms with Crippen LogP contribution in [-0.2, 0) is 24.1 Å². The molecule has 6 heteroatoms. The molecule has 0 radical (unpaired) electrons. The summed E-state index contributed by atoms with van der Waals surface area (Å²) in [5.41, 5.74) is 7.06. The van der Waals surface area contributed by atoms with E-state index in [9.17, 15) is 9.59 Å². The summed E-state index contributed by atoms with van der Waals surface area (Å²) in [5, 5.41) is 0. The van der Waals surface area contributed by atoms with Gasteiger partial charge in [-0.25, -0.2) is 0 Å². The zero-order valence-corrected chi connectivity index (χ0v) is 13.7. The van der Waals surface area contributed by atoms with Crippen LogP contribution in [0.25, 0.3) is 0 Å². The molecule has 0 atom stereocenters. The van der Waals surface area contributed by atoms with Crippen molar-refractivity contribution in [3.63, 3.8) is 0 Å². The second kappa shape index (κ2) is 6.83. The third kappa shape index (κ3) is 3.71. The molecular weight excluding hydrogens is 312 g/mol. The van der Waals surface area contributed by atoms with Crippen molar-refractivity contribution in [2.24, 2.45) is 0 Å². The molecule has 0 spiro atoms. The molecule has 2 amide bonds. The molecular formula is C17H18N2O3S. The molecule has 0 unspecified atom stereocenters. The fraction of sp³-hybridized carbons (Fsp3) is 0.294. The second-order valence-corrected chi connectivity index (χ2v) is 6.58. The van der Waals surface area contributed by atoms with E-state index in [1.54, 1.807) is 19.2 Å². The summed E-state index contributed by atoms with van der Waals surface area (Å²) >= 11 is 1.51. The maximum atomic E-state index is 12.1. The Morgan fingerprint density at radius 1 is 1.17 bits per heavy atom. The number of hydrazine groups is 1. The van der Waals surface area contributed by atoms with Crippen LogP contribution in [0, 0.1) is 0 Å². The molecule has 0 saturated heterocycles. The average Bonchev–Trinajstić information content (AvgIpc) is 3.15. The van der Waals surface area contributed by atoms with Gasteiger partial charge in [0.25, 0.3) is 5.91 Å². The topological polar surface area (TPSA) is 67.4 Å². The Kier molecular flexibility index (Phi) is 4.62. The lowest BCUT2D eigenvalue weighted by Crippen LogP contribution is -2.42. The molecule has 2 aromatic rings. The van der Waals surface area contributed by atoms with Gasteiger partial charge in [-0.1, -0.05) is 12.1 Å². The van der Waals surface area contributed by atoms with Crippen molar-refractivity contribution in [2.75, 3.05) is 7.11 Å². The number of carbonyl (C=O) groups is 2. The van der Waals surface area contributed by atoms with E-state index in [0.717, 1.165) is 24.2 Å².